The molecule has 0 spiro atoms. The Balaban J connectivity index is 1.50. The summed E-state index contributed by atoms with van der Waals surface area (Å²) < 4.78 is 1.21. The summed E-state index contributed by atoms with van der Waals surface area (Å²) in [6.07, 6.45) is 4.07. The van der Waals surface area contributed by atoms with Gasteiger partial charge in [-0.2, -0.15) is 0 Å². The first-order chi connectivity index (χ1) is 9.83. The van der Waals surface area contributed by atoms with Gasteiger partial charge in [0.05, 0.1) is 21.3 Å². The second-order valence-electron chi connectivity index (χ2n) is 5.12. The Morgan fingerprint density at radius 2 is 2.30 bits per heavy atom. The lowest BCUT2D eigenvalue weighted by Crippen LogP contribution is -2.47. The number of para-hydroxylation sites is 1. The van der Waals surface area contributed by atoms with Crippen LogP contribution in [0.25, 0.3) is 10.2 Å². The van der Waals surface area contributed by atoms with Gasteiger partial charge in [-0.05, 0) is 31.5 Å². The summed E-state index contributed by atoms with van der Waals surface area (Å²) in [4.78, 5) is 16.5. The van der Waals surface area contributed by atoms with E-state index in [-0.39, 0.29) is 11.9 Å². The van der Waals surface area contributed by atoms with Gasteiger partial charge >= 0.3 is 0 Å². The van der Waals surface area contributed by atoms with E-state index in [0.717, 1.165) is 36.3 Å². The molecule has 1 unspecified atom stereocenters. The van der Waals surface area contributed by atoms with Gasteiger partial charge in [0, 0.05) is 13.0 Å². The molecule has 2 aromatic rings. The molecule has 0 bridgehead atoms. The number of thiazole rings is 1. The number of benzene rings is 1. The Morgan fingerprint density at radius 3 is 3.10 bits per heavy atom. The fraction of sp³-hybridized carbons (Fsp3) is 0.467. The van der Waals surface area contributed by atoms with Crippen molar-refractivity contribution in [1.29, 1.82) is 0 Å². The van der Waals surface area contributed by atoms with Gasteiger partial charge in [-0.3, -0.25) is 4.79 Å². The average Bonchev–Trinajstić information content (AvgIpc) is 2.90. The van der Waals surface area contributed by atoms with E-state index < -0.39 is 0 Å². The summed E-state index contributed by atoms with van der Waals surface area (Å²) in [5.41, 5.74) is 1.05. The molecule has 1 fully saturated rings. The van der Waals surface area contributed by atoms with Crippen LogP contribution in [0.4, 0.5) is 0 Å². The highest BCUT2D eigenvalue weighted by atomic mass is 32.1. The molecule has 0 saturated carbocycles. The number of carbonyl (C=O) groups excluding carboxylic acids is 1. The van der Waals surface area contributed by atoms with Crippen LogP contribution in [0.3, 0.4) is 0 Å². The molecule has 1 aromatic heterocycles. The Morgan fingerprint density at radius 1 is 1.40 bits per heavy atom. The van der Waals surface area contributed by atoms with Gasteiger partial charge in [0.15, 0.2) is 0 Å². The molecule has 1 aromatic carbocycles. The molecular weight excluding hydrogens is 270 g/mol. The molecule has 20 heavy (non-hydrogen) atoms. The van der Waals surface area contributed by atoms with Crippen molar-refractivity contribution in [2.24, 2.45) is 0 Å². The summed E-state index contributed by atoms with van der Waals surface area (Å²) in [6, 6.07) is 8.14. The molecule has 3 rings (SSSR count). The number of piperidine rings is 1. The molecule has 1 aliphatic rings. The number of hydrogen-bond donors (Lipinski definition) is 2. The SMILES string of the molecule is O=C(NCCc1nc2ccccc2s1)C1CCCCN1. The predicted octanol–water partition coefficient (Wildman–Crippen LogP) is 2.10. The minimum atomic E-state index is -0.000817. The molecule has 106 valence electrons. The molecule has 1 amide bonds. The smallest absolute Gasteiger partial charge is 0.237 e. The van der Waals surface area contributed by atoms with Crippen molar-refractivity contribution in [3.05, 3.63) is 29.3 Å². The summed E-state index contributed by atoms with van der Waals surface area (Å²) in [5.74, 6) is 0.130. The molecular formula is C15H19N3OS. The third kappa shape index (κ3) is 3.16. The van der Waals surface area contributed by atoms with E-state index in [0.29, 0.717) is 6.54 Å². The number of fused-ring (bicyclic) bond motifs is 1. The van der Waals surface area contributed by atoms with Crippen LogP contribution in [0, 0.1) is 0 Å². The molecule has 1 atom stereocenters. The summed E-state index contributed by atoms with van der Waals surface area (Å²) in [6.45, 7) is 1.62. The minimum Gasteiger partial charge on any atom is -0.354 e. The Hall–Kier alpha value is -1.46. The molecule has 2 heterocycles. The van der Waals surface area contributed by atoms with E-state index in [1.54, 1.807) is 11.3 Å². The van der Waals surface area contributed by atoms with E-state index in [1.165, 1.54) is 11.1 Å². The number of amides is 1. The number of nitrogens with zero attached hydrogens (tertiary/aromatic N) is 1. The van der Waals surface area contributed by atoms with Crippen LogP contribution in [-0.2, 0) is 11.2 Å². The molecule has 4 nitrogen and oxygen atoms in total. The normalized spacial score (nSPS) is 19.1. The molecule has 0 radical (unpaired) electrons. The maximum Gasteiger partial charge on any atom is 0.237 e. The van der Waals surface area contributed by atoms with Crippen molar-refractivity contribution < 1.29 is 4.79 Å². The number of nitrogens with one attached hydrogen (secondary N) is 2. The van der Waals surface area contributed by atoms with Crippen molar-refractivity contribution in [3.63, 3.8) is 0 Å². The van der Waals surface area contributed by atoms with Gasteiger partial charge in [0.2, 0.25) is 5.91 Å². The Kier molecular flexibility index (Phi) is 4.28. The summed E-state index contributed by atoms with van der Waals surface area (Å²) in [7, 11) is 0. The first-order valence-corrected chi connectivity index (χ1v) is 8.00. The summed E-state index contributed by atoms with van der Waals surface area (Å²) >= 11 is 1.71. The largest absolute Gasteiger partial charge is 0.354 e. The number of carbonyl (C=O) groups is 1. The van der Waals surface area contributed by atoms with Crippen molar-refractivity contribution in [1.82, 2.24) is 15.6 Å². The van der Waals surface area contributed by atoms with Crippen LogP contribution in [0.2, 0.25) is 0 Å². The van der Waals surface area contributed by atoms with Gasteiger partial charge in [-0.25, -0.2) is 4.98 Å². The van der Waals surface area contributed by atoms with Gasteiger partial charge in [-0.1, -0.05) is 18.6 Å². The molecule has 0 aliphatic carbocycles. The van der Waals surface area contributed by atoms with Crippen LogP contribution in [0.5, 0.6) is 0 Å². The lowest BCUT2D eigenvalue weighted by Gasteiger charge is -2.22. The highest BCUT2D eigenvalue weighted by Gasteiger charge is 2.19. The van der Waals surface area contributed by atoms with Crippen LogP contribution < -0.4 is 10.6 Å². The summed E-state index contributed by atoms with van der Waals surface area (Å²) in [5, 5.41) is 7.36. The van der Waals surface area contributed by atoms with Crippen molar-refractivity contribution in [2.75, 3.05) is 13.1 Å². The average molecular weight is 289 g/mol. The van der Waals surface area contributed by atoms with Crippen molar-refractivity contribution >= 4 is 27.5 Å². The van der Waals surface area contributed by atoms with Gasteiger partial charge in [-0.15, -0.1) is 11.3 Å². The van der Waals surface area contributed by atoms with E-state index in [9.17, 15) is 4.79 Å². The third-order valence-corrected chi connectivity index (χ3v) is 4.70. The fourth-order valence-electron chi connectivity index (χ4n) is 2.52. The Bertz CT molecular complexity index is 557. The van der Waals surface area contributed by atoms with Crippen molar-refractivity contribution in [3.8, 4) is 0 Å². The number of rotatable bonds is 4. The predicted molar refractivity (Wildman–Crippen MR) is 82.0 cm³/mol. The second-order valence-corrected chi connectivity index (χ2v) is 6.23. The van der Waals surface area contributed by atoms with E-state index >= 15 is 0 Å². The highest BCUT2D eigenvalue weighted by molar-refractivity contribution is 7.18. The van der Waals surface area contributed by atoms with E-state index in [2.05, 4.69) is 21.7 Å². The second kappa shape index (κ2) is 6.33. The van der Waals surface area contributed by atoms with Crippen LogP contribution in [0.1, 0.15) is 24.3 Å². The third-order valence-electron chi connectivity index (χ3n) is 3.60. The number of hydrogen-bond acceptors (Lipinski definition) is 4. The zero-order valence-corrected chi connectivity index (χ0v) is 12.2. The maximum absolute atomic E-state index is 12.0. The van der Waals surface area contributed by atoms with Crippen LogP contribution in [0.15, 0.2) is 24.3 Å². The zero-order valence-electron chi connectivity index (χ0n) is 11.4. The lowest BCUT2D eigenvalue weighted by molar-refractivity contribution is -0.123. The fourth-order valence-corrected chi connectivity index (χ4v) is 3.49. The maximum atomic E-state index is 12.0. The van der Waals surface area contributed by atoms with Crippen molar-refractivity contribution in [2.45, 2.75) is 31.7 Å². The van der Waals surface area contributed by atoms with Crippen LogP contribution in [-0.4, -0.2) is 30.0 Å². The molecule has 1 aliphatic heterocycles. The van der Waals surface area contributed by atoms with Crippen LogP contribution >= 0.6 is 11.3 Å². The number of aromatic nitrogens is 1. The van der Waals surface area contributed by atoms with Gasteiger partial charge < -0.3 is 10.6 Å². The first-order valence-electron chi connectivity index (χ1n) is 7.18. The molecule has 2 N–H and O–H groups in total. The lowest BCUT2D eigenvalue weighted by atomic mass is 10.0. The highest BCUT2D eigenvalue weighted by Crippen LogP contribution is 2.21. The topological polar surface area (TPSA) is 54.0 Å². The monoisotopic (exact) mass is 289 g/mol. The van der Waals surface area contributed by atoms with E-state index in [1.807, 2.05) is 18.2 Å². The molecule has 5 heteroatoms. The minimum absolute atomic E-state index is 0.000817. The van der Waals surface area contributed by atoms with E-state index in [4.69, 9.17) is 0 Å². The quantitative estimate of drug-likeness (QED) is 0.906. The standard InChI is InChI=1S/C15H19N3OS/c19-15(12-6-3-4-9-16-12)17-10-8-14-18-11-5-1-2-7-13(11)20-14/h1-2,5,7,12,16H,3-4,6,8-10H2,(H,17,19). The Labute approximate surface area is 122 Å². The molecule has 1 saturated heterocycles. The zero-order chi connectivity index (χ0) is 13.8. The van der Waals surface area contributed by atoms with Gasteiger partial charge in [0.1, 0.15) is 0 Å². The first kappa shape index (κ1) is 13.5. The van der Waals surface area contributed by atoms with Gasteiger partial charge in [0.25, 0.3) is 0 Å².